The van der Waals surface area contributed by atoms with E-state index in [1.165, 1.54) is 13.2 Å². The average molecular weight is 301 g/mol. The summed E-state index contributed by atoms with van der Waals surface area (Å²) in [5.41, 5.74) is -1.26. The topological polar surface area (TPSA) is 42.4 Å². The Balaban J connectivity index is 2.35. The van der Waals surface area contributed by atoms with E-state index in [2.05, 4.69) is 4.98 Å². The molecular weight excluding hydrogens is 290 g/mol. The fourth-order valence-corrected chi connectivity index (χ4v) is 1.80. The molecule has 1 N–H and O–H groups in total. The van der Waals surface area contributed by atoms with E-state index in [0.29, 0.717) is 12.1 Å². The van der Waals surface area contributed by atoms with Crippen LogP contribution in [0.4, 0.5) is 17.6 Å². The van der Waals surface area contributed by atoms with Crippen LogP contribution in [0.15, 0.2) is 36.4 Å². The molecule has 0 saturated carbocycles. The van der Waals surface area contributed by atoms with Gasteiger partial charge in [0, 0.05) is 6.07 Å². The highest BCUT2D eigenvalue weighted by molar-refractivity contribution is 5.32. The van der Waals surface area contributed by atoms with Crippen molar-refractivity contribution in [3.05, 3.63) is 59.0 Å². The molecule has 1 aromatic heterocycles. The van der Waals surface area contributed by atoms with Crippen molar-refractivity contribution in [1.29, 1.82) is 0 Å². The minimum atomic E-state index is -4.78. The Bertz CT molecular complexity index is 643. The second-order valence-electron chi connectivity index (χ2n) is 4.24. The lowest BCUT2D eigenvalue weighted by Crippen LogP contribution is -2.10. The first-order chi connectivity index (χ1) is 9.82. The zero-order chi connectivity index (χ0) is 15.6. The molecule has 1 aromatic carbocycles. The van der Waals surface area contributed by atoms with E-state index in [1.54, 1.807) is 12.1 Å². The van der Waals surface area contributed by atoms with Crippen LogP contribution >= 0.6 is 0 Å². The first kappa shape index (κ1) is 15.2. The Kier molecular flexibility index (Phi) is 4.13. The van der Waals surface area contributed by atoms with Crippen LogP contribution in [0, 0.1) is 5.82 Å². The van der Waals surface area contributed by atoms with Gasteiger partial charge in [0.2, 0.25) is 5.88 Å². The van der Waals surface area contributed by atoms with E-state index in [0.717, 1.165) is 6.07 Å². The smallest absolute Gasteiger partial charge is 0.419 e. The monoisotopic (exact) mass is 301 g/mol. The minimum Gasteiger partial charge on any atom is -0.481 e. The van der Waals surface area contributed by atoms with E-state index in [-0.39, 0.29) is 17.1 Å². The molecule has 0 amide bonds. The Morgan fingerprint density at radius 2 is 1.90 bits per heavy atom. The van der Waals surface area contributed by atoms with Crippen LogP contribution < -0.4 is 4.74 Å². The number of nitrogens with zero attached hydrogens (tertiary/aromatic N) is 1. The summed E-state index contributed by atoms with van der Waals surface area (Å²) in [6.45, 7) is 0. The molecular formula is C14H11F4NO2. The van der Waals surface area contributed by atoms with Crippen molar-refractivity contribution in [3.8, 4) is 5.88 Å². The molecule has 1 unspecified atom stereocenters. The van der Waals surface area contributed by atoms with Crippen LogP contribution in [0.25, 0.3) is 0 Å². The van der Waals surface area contributed by atoms with E-state index >= 15 is 0 Å². The van der Waals surface area contributed by atoms with Crippen LogP contribution in [0.3, 0.4) is 0 Å². The molecule has 0 spiro atoms. The maximum absolute atomic E-state index is 13.5. The van der Waals surface area contributed by atoms with Crippen LogP contribution in [0.2, 0.25) is 0 Å². The summed E-state index contributed by atoms with van der Waals surface area (Å²) in [4.78, 5) is 3.95. The van der Waals surface area contributed by atoms with Crippen LogP contribution in [-0.2, 0) is 6.18 Å². The average Bonchev–Trinajstić information content (AvgIpc) is 2.45. The number of pyridine rings is 1. The number of hydrogen-bond donors (Lipinski definition) is 1. The van der Waals surface area contributed by atoms with E-state index in [4.69, 9.17) is 4.74 Å². The molecule has 2 rings (SSSR count). The third kappa shape index (κ3) is 3.30. The summed E-state index contributed by atoms with van der Waals surface area (Å²) in [6.07, 6.45) is -6.13. The summed E-state index contributed by atoms with van der Waals surface area (Å²) in [6, 6.07) is 6.82. The van der Waals surface area contributed by atoms with Gasteiger partial charge in [-0.1, -0.05) is 12.1 Å². The van der Waals surface area contributed by atoms with E-state index < -0.39 is 23.7 Å². The number of benzene rings is 1. The normalized spacial score (nSPS) is 13.0. The standard InChI is InChI=1S/C14H11F4NO2/c1-21-12-4-2-3-11(19-12)13(20)8-5-6-9(10(15)7-8)14(16,17)18/h2-7,13,20H,1H3. The van der Waals surface area contributed by atoms with Gasteiger partial charge in [-0.05, 0) is 23.8 Å². The highest BCUT2D eigenvalue weighted by atomic mass is 19.4. The van der Waals surface area contributed by atoms with Gasteiger partial charge in [-0.15, -0.1) is 0 Å². The molecule has 0 aliphatic rings. The fraction of sp³-hybridized carbons (Fsp3) is 0.214. The molecule has 2 aromatic rings. The lowest BCUT2D eigenvalue weighted by atomic mass is 10.0. The van der Waals surface area contributed by atoms with E-state index in [9.17, 15) is 22.7 Å². The molecule has 0 aliphatic heterocycles. The highest BCUT2D eigenvalue weighted by Crippen LogP contribution is 2.33. The van der Waals surface area contributed by atoms with Gasteiger partial charge in [-0.3, -0.25) is 0 Å². The van der Waals surface area contributed by atoms with Gasteiger partial charge >= 0.3 is 6.18 Å². The summed E-state index contributed by atoms with van der Waals surface area (Å²) >= 11 is 0. The number of aliphatic hydroxyl groups excluding tert-OH is 1. The number of methoxy groups -OCH3 is 1. The quantitative estimate of drug-likeness (QED) is 0.884. The van der Waals surface area contributed by atoms with Crippen molar-refractivity contribution >= 4 is 0 Å². The van der Waals surface area contributed by atoms with Gasteiger partial charge in [0.05, 0.1) is 18.4 Å². The van der Waals surface area contributed by atoms with Crippen molar-refractivity contribution in [1.82, 2.24) is 4.98 Å². The second-order valence-corrected chi connectivity index (χ2v) is 4.24. The zero-order valence-corrected chi connectivity index (χ0v) is 10.9. The van der Waals surface area contributed by atoms with Crippen molar-refractivity contribution in [2.24, 2.45) is 0 Å². The fourth-order valence-electron chi connectivity index (χ4n) is 1.80. The molecule has 21 heavy (non-hydrogen) atoms. The summed E-state index contributed by atoms with van der Waals surface area (Å²) in [7, 11) is 1.39. The van der Waals surface area contributed by atoms with Crippen LogP contribution in [0.5, 0.6) is 5.88 Å². The Morgan fingerprint density at radius 1 is 1.19 bits per heavy atom. The maximum Gasteiger partial charge on any atom is 0.419 e. The number of halogens is 4. The molecule has 7 heteroatoms. The zero-order valence-electron chi connectivity index (χ0n) is 10.9. The summed E-state index contributed by atoms with van der Waals surface area (Å²) in [5.74, 6) is -1.21. The third-order valence-electron chi connectivity index (χ3n) is 2.85. The summed E-state index contributed by atoms with van der Waals surface area (Å²) in [5, 5.41) is 10.1. The molecule has 0 aliphatic carbocycles. The lowest BCUT2D eigenvalue weighted by Gasteiger charge is -2.14. The van der Waals surface area contributed by atoms with Crippen molar-refractivity contribution < 1.29 is 27.4 Å². The lowest BCUT2D eigenvalue weighted by molar-refractivity contribution is -0.140. The number of alkyl halides is 3. The van der Waals surface area contributed by atoms with Crippen LogP contribution in [0.1, 0.15) is 22.9 Å². The molecule has 112 valence electrons. The molecule has 0 bridgehead atoms. The van der Waals surface area contributed by atoms with Gasteiger partial charge in [-0.25, -0.2) is 9.37 Å². The van der Waals surface area contributed by atoms with Gasteiger partial charge in [0.25, 0.3) is 0 Å². The number of aliphatic hydroxyl groups is 1. The number of hydrogen-bond acceptors (Lipinski definition) is 3. The van der Waals surface area contributed by atoms with Crippen molar-refractivity contribution in [2.75, 3.05) is 7.11 Å². The molecule has 0 radical (unpaired) electrons. The molecule has 1 atom stereocenters. The first-order valence-corrected chi connectivity index (χ1v) is 5.88. The molecule has 0 fully saturated rings. The number of rotatable bonds is 3. The van der Waals surface area contributed by atoms with Crippen LogP contribution in [-0.4, -0.2) is 17.2 Å². The predicted octanol–water partition coefficient (Wildman–Crippen LogP) is 3.33. The largest absolute Gasteiger partial charge is 0.481 e. The van der Waals surface area contributed by atoms with Crippen molar-refractivity contribution in [3.63, 3.8) is 0 Å². The third-order valence-corrected chi connectivity index (χ3v) is 2.85. The van der Waals surface area contributed by atoms with Gasteiger partial charge in [0.1, 0.15) is 11.9 Å². The molecule has 1 heterocycles. The Labute approximate surface area is 117 Å². The maximum atomic E-state index is 13.5. The first-order valence-electron chi connectivity index (χ1n) is 5.88. The molecule has 3 nitrogen and oxygen atoms in total. The summed E-state index contributed by atoms with van der Waals surface area (Å²) < 4.78 is 55.8. The molecule has 0 saturated heterocycles. The van der Waals surface area contributed by atoms with Gasteiger partial charge in [-0.2, -0.15) is 13.2 Å². The Hall–Kier alpha value is -2.15. The van der Waals surface area contributed by atoms with Gasteiger partial charge in [0.15, 0.2) is 0 Å². The van der Waals surface area contributed by atoms with Crippen molar-refractivity contribution in [2.45, 2.75) is 12.3 Å². The number of aromatic nitrogens is 1. The SMILES string of the molecule is COc1cccc(C(O)c2ccc(C(F)(F)F)c(F)c2)n1. The predicted molar refractivity (Wildman–Crippen MR) is 66.3 cm³/mol. The van der Waals surface area contributed by atoms with E-state index in [1.807, 2.05) is 0 Å². The minimum absolute atomic E-state index is 0.0266. The number of ether oxygens (including phenoxy) is 1. The highest BCUT2D eigenvalue weighted by Gasteiger charge is 2.34. The Morgan fingerprint density at radius 3 is 2.48 bits per heavy atom. The second kappa shape index (κ2) is 5.69. The van der Waals surface area contributed by atoms with Gasteiger partial charge < -0.3 is 9.84 Å².